The number of esters is 3. The van der Waals surface area contributed by atoms with Gasteiger partial charge in [0.2, 0.25) is 0 Å². The Bertz CT molecular complexity index is 1900. The minimum atomic E-state index is -0.825. The summed E-state index contributed by atoms with van der Waals surface area (Å²) in [4.78, 5) is 38.4. The predicted molar refractivity (Wildman–Crippen MR) is 352 cm³/mol. The highest BCUT2D eigenvalue weighted by molar-refractivity contribution is 5.71. The van der Waals surface area contributed by atoms with Crippen LogP contribution in [0.3, 0.4) is 0 Å². The van der Waals surface area contributed by atoms with E-state index in [0.29, 0.717) is 12.8 Å². The van der Waals surface area contributed by atoms with Crippen molar-refractivity contribution in [2.75, 3.05) is 13.2 Å². The highest BCUT2D eigenvalue weighted by Gasteiger charge is 2.19. The predicted octanol–water partition coefficient (Wildman–Crippen LogP) is 22.4. The maximum atomic E-state index is 12.9. The second-order valence-corrected chi connectivity index (χ2v) is 20.5. The van der Waals surface area contributed by atoms with Crippen molar-refractivity contribution in [3.8, 4) is 0 Å². The van der Waals surface area contributed by atoms with Crippen LogP contribution in [0, 0.1) is 0 Å². The van der Waals surface area contributed by atoms with E-state index < -0.39 is 6.10 Å². The van der Waals surface area contributed by atoms with Gasteiger partial charge >= 0.3 is 17.9 Å². The van der Waals surface area contributed by atoms with Gasteiger partial charge in [-0.1, -0.05) is 254 Å². The van der Waals surface area contributed by atoms with Crippen LogP contribution in [0.25, 0.3) is 0 Å². The number of ether oxygens (including phenoxy) is 3. The lowest BCUT2D eigenvalue weighted by atomic mass is 10.1. The lowest BCUT2D eigenvalue weighted by molar-refractivity contribution is -0.167. The Morgan fingerprint density at radius 2 is 0.481 bits per heavy atom. The molecule has 0 N–H and O–H groups in total. The molecule has 0 aromatic carbocycles. The Balaban J connectivity index is 4.55. The first kappa shape index (κ1) is 75.5. The summed E-state index contributed by atoms with van der Waals surface area (Å²) in [6.07, 6.45) is 100. The Morgan fingerprint density at radius 1 is 0.259 bits per heavy atom. The van der Waals surface area contributed by atoms with Crippen molar-refractivity contribution in [1.82, 2.24) is 0 Å². The van der Waals surface area contributed by atoms with E-state index in [1.54, 1.807) is 0 Å². The topological polar surface area (TPSA) is 78.9 Å². The SMILES string of the molecule is CC/C=C\C/C=C\C/C=C\C/C=C\C/C=C\C/C=C\C/C=C\CCCCCC(=O)OCC(COC(=O)CCCCCCC/C=C\C/C=C\CCCCC)OC(=O)CCCCCC/C=C\C/C=C\C/C=C\C/C=C\C/C=C\C/C=C\CC. The highest BCUT2D eigenvalue weighted by Crippen LogP contribution is 2.13. The molecule has 0 radical (unpaired) electrons. The van der Waals surface area contributed by atoms with Crippen LogP contribution >= 0.6 is 0 Å². The number of rotatable bonds is 56. The van der Waals surface area contributed by atoms with Crippen LogP contribution < -0.4 is 0 Å². The quantitative estimate of drug-likeness (QED) is 0.0261. The Morgan fingerprint density at radius 3 is 0.765 bits per heavy atom. The number of carbonyl (C=O) groups is 3. The van der Waals surface area contributed by atoms with Gasteiger partial charge < -0.3 is 14.2 Å². The van der Waals surface area contributed by atoms with E-state index in [1.807, 2.05) is 0 Å². The Hall–Kier alpha value is -5.49. The minimum absolute atomic E-state index is 0.116. The molecule has 81 heavy (non-hydrogen) atoms. The summed E-state index contributed by atoms with van der Waals surface area (Å²) in [5.74, 6) is -0.995. The minimum Gasteiger partial charge on any atom is -0.462 e. The molecule has 1 atom stereocenters. The van der Waals surface area contributed by atoms with Crippen LogP contribution in [0.5, 0.6) is 0 Å². The van der Waals surface area contributed by atoms with E-state index in [-0.39, 0.29) is 37.5 Å². The van der Waals surface area contributed by atoms with E-state index in [1.165, 1.54) is 25.7 Å². The molecule has 6 heteroatoms. The molecule has 0 rings (SSSR count). The number of allylic oxidation sites excluding steroid dienone is 30. The van der Waals surface area contributed by atoms with Crippen molar-refractivity contribution >= 4 is 17.9 Å². The second kappa shape index (κ2) is 67.0. The van der Waals surface area contributed by atoms with Gasteiger partial charge in [0.25, 0.3) is 0 Å². The van der Waals surface area contributed by atoms with Gasteiger partial charge in [0.15, 0.2) is 6.10 Å². The van der Waals surface area contributed by atoms with Gasteiger partial charge in [-0.2, -0.15) is 0 Å². The number of unbranched alkanes of at least 4 members (excludes halogenated alkanes) is 15. The van der Waals surface area contributed by atoms with Gasteiger partial charge in [-0.15, -0.1) is 0 Å². The zero-order chi connectivity index (χ0) is 58.5. The first-order chi connectivity index (χ1) is 40.0. The van der Waals surface area contributed by atoms with E-state index in [4.69, 9.17) is 14.2 Å². The summed E-state index contributed by atoms with van der Waals surface area (Å²) in [5, 5.41) is 0. The molecule has 0 amide bonds. The molecule has 0 saturated heterocycles. The van der Waals surface area contributed by atoms with Crippen molar-refractivity contribution in [3.05, 3.63) is 182 Å². The third-order valence-corrected chi connectivity index (χ3v) is 12.9. The summed E-state index contributed by atoms with van der Waals surface area (Å²) in [5.41, 5.74) is 0. The van der Waals surface area contributed by atoms with E-state index in [9.17, 15) is 14.4 Å². The molecule has 0 saturated carbocycles. The lowest BCUT2D eigenvalue weighted by Crippen LogP contribution is -2.30. The molecule has 0 bridgehead atoms. The summed E-state index contributed by atoms with van der Waals surface area (Å²) in [6.45, 7) is 6.31. The molecular weight excluding hydrogens is 997 g/mol. The number of hydrogen-bond acceptors (Lipinski definition) is 6. The molecule has 0 heterocycles. The zero-order valence-electron chi connectivity index (χ0n) is 51.7. The van der Waals surface area contributed by atoms with Crippen molar-refractivity contribution in [1.29, 1.82) is 0 Å². The maximum absolute atomic E-state index is 12.9. The fourth-order valence-electron chi connectivity index (χ4n) is 8.10. The summed E-state index contributed by atoms with van der Waals surface area (Å²) in [7, 11) is 0. The van der Waals surface area contributed by atoms with Gasteiger partial charge in [-0.05, 0) is 161 Å². The van der Waals surface area contributed by atoms with Crippen molar-refractivity contribution in [2.45, 2.75) is 258 Å². The molecule has 0 spiro atoms. The van der Waals surface area contributed by atoms with E-state index in [2.05, 4.69) is 203 Å². The molecule has 0 aliphatic heterocycles. The summed E-state index contributed by atoms with van der Waals surface area (Å²) < 4.78 is 16.9. The fourth-order valence-corrected chi connectivity index (χ4v) is 8.10. The summed E-state index contributed by atoms with van der Waals surface area (Å²) in [6, 6.07) is 0. The first-order valence-corrected chi connectivity index (χ1v) is 32.3. The van der Waals surface area contributed by atoms with Crippen LogP contribution in [0.15, 0.2) is 182 Å². The van der Waals surface area contributed by atoms with E-state index in [0.717, 1.165) is 186 Å². The average Bonchev–Trinajstić information content (AvgIpc) is 3.47. The molecule has 0 aliphatic carbocycles. The largest absolute Gasteiger partial charge is 0.462 e. The molecule has 1 unspecified atom stereocenters. The highest BCUT2D eigenvalue weighted by atomic mass is 16.6. The smallest absolute Gasteiger partial charge is 0.306 e. The number of hydrogen-bond donors (Lipinski definition) is 0. The van der Waals surface area contributed by atoms with Gasteiger partial charge in [-0.25, -0.2) is 0 Å². The molecule has 0 aromatic rings. The van der Waals surface area contributed by atoms with Gasteiger partial charge in [0.1, 0.15) is 13.2 Å². The zero-order valence-corrected chi connectivity index (χ0v) is 51.7. The standard InChI is InChI=1S/C75H116O6/c1-4-7-10-13-16-19-22-25-28-30-32-34-36-37-39-40-42-44-47-50-53-56-59-62-65-68-74(77)80-71-72(70-79-73(76)67-64-61-58-55-52-49-46-27-24-21-18-15-12-9-6-3)81-75(78)69-66-63-60-57-54-51-48-45-43-41-38-35-33-31-29-26-23-20-17-14-11-8-5-2/h7-8,10-11,16-21,25-29,32-35,37,39,41-44,46,48,50-51,53,72H,4-6,9,12-15,22-24,30-31,36,38,40,45,47,49,52,54-71H2,1-3H3/b10-7-,11-8-,19-16-,20-17-,21-18-,28-25-,29-26-,34-32-,35-33-,39-37-,43-41-,44-42-,46-27-,51-48-,53-50-. The van der Waals surface area contributed by atoms with Crippen LogP contribution in [-0.4, -0.2) is 37.2 Å². The molecule has 0 aliphatic rings. The molecule has 452 valence electrons. The molecule has 0 fully saturated rings. The van der Waals surface area contributed by atoms with Gasteiger partial charge in [-0.3, -0.25) is 14.4 Å². The van der Waals surface area contributed by atoms with Crippen LogP contribution in [0.1, 0.15) is 252 Å². The van der Waals surface area contributed by atoms with Crippen molar-refractivity contribution in [2.24, 2.45) is 0 Å². The second-order valence-electron chi connectivity index (χ2n) is 20.5. The Labute approximate surface area is 497 Å². The van der Waals surface area contributed by atoms with Crippen LogP contribution in [-0.2, 0) is 28.6 Å². The average molecular weight is 1110 g/mol. The third-order valence-electron chi connectivity index (χ3n) is 12.9. The maximum Gasteiger partial charge on any atom is 0.306 e. The van der Waals surface area contributed by atoms with Crippen molar-refractivity contribution in [3.63, 3.8) is 0 Å². The molecular formula is C75H116O6. The van der Waals surface area contributed by atoms with Crippen LogP contribution in [0.4, 0.5) is 0 Å². The third kappa shape index (κ3) is 65.2. The summed E-state index contributed by atoms with van der Waals surface area (Å²) >= 11 is 0. The Kier molecular flexibility index (Phi) is 62.5. The molecule has 6 nitrogen and oxygen atoms in total. The van der Waals surface area contributed by atoms with E-state index >= 15 is 0 Å². The van der Waals surface area contributed by atoms with Crippen LogP contribution in [0.2, 0.25) is 0 Å². The fraction of sp³-hybridized carbons (Fsp3) is 0.560. The van der Waals surface area contributed by atoms with Gasteiger partial charge in [0.05, 0.1) is 0 Å². The lowest BCUT2D eigenvalue weighted by Gasteiger charge is -2.18. The normalized spacial score (nSPS) is 13.4. The van der Waals surface area contributed by atoms with Crippen molar-refractivity contribution < 1.29 is 28.6 Å². The van der Waals surface area contributed by atoms with Gasteiger partial charge in [0, 0.05) is 19.3 Å². The molecule has 0 aromatic heterocycles. The monoisotopic (exact) mass is 1110 g/mol. The number of carbonyl (C=O) groups excluding carboxylic acids is 3. The first-order valence-electron chi connectivity index (χ1n) is 32.3.